The molecule has 0 heterocycles. The third-order valence-corrected chi connectivity index (χ3v) is 2.91. The van der Waals surface area contributed by atoms with E-state index in [9.17, 15) is 15.3 Å². The summed E-state index contributed by atoms with van der Waals surface area (Å²) < 4.78 is 4.96. The standard InChI is InChI=1S/C15H16O4/c1-19-15(18)6-4-11(5-7-15)2-3-12-8-13(16)10-14(17)9-12/h2-6,8-10,16-18H,7H2,1H3/b3-2+/t15-/m1/s1. The van der Waals surface area contributed by atoms with Crippen molar-refractivity contribution in [2.75, 3.05) is 7.11 Å². The van der Waals surface area contributed by atoms with Gasteiger partial charge in [-0.25, -0.2) is 0 Å². The van der Waals surface area contributed by atoms with Gasteiger partial charge in [0, 0.05) is 19.6 Å². The summed E-state index contributed by atoms with van der Waals surface area (Å²) >= 11 is 0. The summed E-state index contributed by atoms with van der Waals surface area (Å²) in [6.07, 6.45) is 9.18. The minimum atomic E-state index is -1.22. The zero-order valence-electron chi connectivity index (χ0n) is 10.6. The van der Waals surface area contributed by atoms with Crippen molar-refractivity contribution >= 4 is 6.08 Å². The molecule has 2 rings (SSSR count). The fourth-order valence-corrected chi connectivity index (χ4v) is 1.81. The number of aromatic hydroxyl groups is 2. The second kappa shape index (κ2) is 5.30. The van der Waals surface area contributed by atoms with Gasteiger partial charge in [-0.1, -0.05) is 24.3 Å². The van der Waals surface area contributed by atoms with Crippen LogP contribution in [0, 0.1) is 0 Å². The summed E-state index contributed by atoms with van der Waals surface area (Å²) in [5.41, 5.74) is 1.61. The zero-order valence-corrected chi connectivity index (χ0v) is 10.6. The Labute approximate surface area is 111 Å². The van der Waals surface area contributed by atoms with Crippen LogP contribution < -0.4 is 0 Å². The number of phenols is 2. The highest BCUT2D eigenvalue weighted by Gasteiger charge is 2.23. The predicted octanol–water partition coefficient (Wildman–Crippen LogP) is 2.33. The van der Waals surface area contributed by atoms with E-state index < -0.39 is 5.79 Å². The molecule has 1 aromatic carbocycles. The molecule has 0 fully saturated rings. The average Bonchev–Trinajstić information content (AvgIpc) is 2.37. The van der Waals surface area contributed by atoms with Gasteiger partial charge in [0.15, 0.2) is 5.79 Å². The molecule has 3 N–H and O–H groups in total. The molecule has 0 spiro atoms. The Morgan fingerprint density at radius 2 is 1.84 bits per heavy atom. The fraction of sp³-hybridized carbons (Fsp3) is 0.200. The van der Waals surface area contributed by atoms with E-state index in [0.29, 0.717) is 12.0 Å². The molecule has 1 aromatic rings. The largest absolute Gasteiger partial charge is 0.508 e. The normalized spacial score (nSPS) is 22.7. The number of hydrogen-bond acceptors (Lipinski definition) is 4. The van der Waals surface area contributed by atoms with Crippen LogP contribution in [-0.2, 0) is 4.74 Å². The third-order valence-electron chi connectivity index (χ3n) is 2.91. The molecule has 4 heteroatoms. The summed E-state index contributed by atoms with van der Waals surface area (Å²) in [4.78, 5) is 0. The van der Waals surface area contributed by atoms with Crippen molar-refractivity contribution in [3.63, 3.8) is 0 Å². The Morgan fingerprint density at radius 1 is 1.16 bits per heavy atom. The summed E-state index contributed by atoms with van der Waals surface area (Å²) in [6.45, 7) is 0. The van der Waals surface area contributed by atoms with Crippen molar-refractivity contribution < 1.29 is 20.1 Å². The fourth-order valence-electron chi connectivity index (χ4n) is 1.81. The number of methoxy groups -OCH3 is 1. The van der Waals surface area contributed by atoms with Gasteiger partial charge in [-0.05, 0) is 29.3 Å². The molecule has 0 aliphatic heterocycles. The number of aliphatic hydroxyl groups is 1. The number of hydrogen-bond donors (Lipinski definition) is 3. The van der Waals surface area contributed by atoms with E-state index in [1.807, 2.05) is 12.2 Å². The maximum atomic E-state index is 9.81. The van der Waals surface area contributed by atoms with Crippen LogP contribution in [0.3, 0.4) is 0 Å². The molecule has 1 aliphatic rings. The van der Waals surface area contributed by atoms with Crippen LogP contribution in [0.25, 0.3) is 6.08 Å². The molecule has 0 bridgehead atoms. The van der Waals surface area contributed by atoms with E-state index in [4.69, 9.17) is 4.74 Å². The topological polar surface area (TPSA) is 69.9 Å². The Morgan fingerprint density at radius 3 is 2.37 bits per heavy atom. The molecule has 0 unspecified atom stereocenters. The van der Waals surface area contributed by atoms with Crippen LogP contribution in [0.2, 0.25) is 0 Å². The average molecular weight is 260 g/mol. The van der Waals surface area contributed by atoms with Crippen LogP contribution >= 0.6 is 0 Å². The second-order valence-electron chi connectivity index (χ2n) is 4.41. The van der Waals surface area contributed by atoms with Crippen molar-refractivity contribution in [2.45, 2.75) is 12.2 Å². The number of phenolic OH excluding ortho intramolecular Hbond substituents is 2. The first-order chi connectivity index (χ1) is 9.00. The Kier molecular flexibility index (Phi) is 3.74. The van der Waals surface area contributed by atoms with Gasteiger partial charge in [-0.2, -0.15) is 0 Å². The van der Waals surface area contributed by atoms with Gasteiger partial charge in [0.25, 0.3) is 0 Å². The number of ether oxygens (including phenoxy) is 1. The summed E-state index contributed by atoms with van der Waals surface area (Å²) in [5.74, 6) is -1.19. The minimum Gasteiger partial charge on any atom is -0.508 e. The quantitative estimate of drug-likeness (QED) is 0.729. The maximum Gasteiger partial charge on any atom is 0.188 e. The molecule has 0 saturated carbocycles. The van der Waals surface area contributed by atoms with Crippen LogP contribution in [0.1, 0.15) is 12.0 Å². The van der Waals surface area contributed by atoms with Gasteiger partial charge in [0.2, 0.25) is 0 Å². The van der Waals surface area contributed by atoms with Crippen molar-refractivity contribution in [2.24, 2.45) is 0 Å². The van der Waals surface area contributed by atoms with Gasteiger partial charge < -0.3 is 20.1 Å². The Hall–Kier alpha value is -2.04. The van der Waals surface area contributed by atoms with E-state index in [-0.39, 0.29) is 11.5 Å². The summed E-state index contributed by atoms with van der Waals surface area (Å²) in [7, 11) is 1.45. The first kappa shape index (κ1) is 13.4. The lowest BCUT2D eigenvalue weighted by atomic mass is 10.0. The van der Waals surface area contributed by atoms with E-state index in [2.05, 4.69) is 0 Å². The highest BCUT2D eigenvalue weighted by atomic mass is 16.6. The first-order valence-corrected chi connectivity index (χ1v) is 5.89. The molecular weight excluding hydrogens is 244 g/mol. The minimum absolute atomic E-state index is 0.0153. The monoisotopic (exact) mass is 260 g/mol. The summed E-state index contributed by atoms with van der Waals surface area (Å²) in [5, 5.41) is 28.5. The summed E-state index contributed by atoms with van der Waals surface area (Å²) in [6, 6.07) is 4.37. The highest BCUT2D eigenvalue weighted by Crippen LogP contribution is 2.24. The lowest BCUT2D eigenvalue weighted by Gasteiger charge is -2.23. The highest BCUT2D eigenvalue weighted by molar-refractivity contribution is 5.58. The van der Waals surface area contributed by atoms with Crippen molar-refractivity contribution in [1.82, 2.24) is 0 Å². The van der Waals surface area contributed by atoms with E-state index in [0.717, 1.165) is 5.57 Å². The molecule has 1 aliphatic carbocycles. The Balaban J connectivity index is 2.10. The SMILES string of the molecule is CO[C@]1(O)C=CC(/C=C/c2cc(O)cc(O)c2)=CC1. The molecule has 0 radical (unpaired) electrons. The van der Waals surface area contributed by atoms with E-state index >= 15 is 0 Å². The van der Waals surface area contributed by atoms with Crippen molar-refractivity contribution in [3.8, 4) is 11.5 Å². The number of benzene rings is 1. The van der Waals surface area contributed by atoms with Gasteiger partial charge in [0.05, 0.1) is 0 Å². The molecular formula is C15H16O4. The van der Waals surface area contributed by atoms with Crippen molar-refractivity contribution in [3.05, 3.63) is 53.6 Å². The Bertz CT molecular complexity index is 537. The molecule has 0 aromatic heterocycles. The van der Waals surface area contributed by atoms with E-state index in [1.54, 1.807) is 30.4 Å². The molecule has 1 atom stereocenters. The molecule has 100 valence electrons. The second-order valence-corrected chi connectivity index (χ2v) is 4.41. The molecule has 4 nitrogen and oxygen atoms in total. The van der Waals surface area contributed by atoms with Crippen LogP contribution in [0.5, 0.6) is 11.5 Å². The smallest absolute Gasteiger partial charge is 0.188 e. The van der Waals surface area contributed by atoms with Gasteiger partial charge in [-0.15, -0.1) is 0 Å². The first-order valence-electron chi connectivity index (χ1n) is 5.89. The lowest BCUT2D eigenvalue weighted by molar-refractivity contribution is -0.143. The van der Waals surface area contributed by atoms with E-state index in [1.165, 1.54) is 13.2 Å². The number of allylic oxidation sites excluding steroid dienone is 3. The zero-order chi connectivity index (χ0) is 13.9. The van der Waals surface area contributed by atoms with Crippen molar-refractivity contribution in [1.29, 1.82) is 0 Å². The molecule has 0 saturated heterocycles. The van der Waals surface area contributed by atoms with Crippen LogP contribution in [0.15, 0.2) is 48.1 Å². The number of rotatable bonds is 3. The van der Waals surface area contributed by atoms with Crippen LogP contribution in [0.4, 0.5) is 0 Å². The van der Waals surface area contributed by atoms with Gasteiger partial charge in [-0.3, -0.25) is 0 Å². The van der Waals surface area contributed by atoms with Gasteiger partial charge in [0.1, 0.15) is 11.5 Å². The third kappa shape index (κ3) is 3.47. The predicted molar refractivity (Wildman–Crippen MR) is 72.6 cm³/mol. The van der Waals surface area contributed by atoms with Crippen LogP contribution in [-0.4, -0.2) is 28.2 Å². The maximum absolute atomic E-state index is 9.81. The van der Waals surface area contributed by atoms with Gasteiger partial charge >= 0.3 is 0 Å². The molecule has 0 amide bonds. The lowest BCUT2D eigenvalue weighted by Crippen LogP contribution is -2.28. The molecule has 19 heavy (non-hydrogen) atoms.